The first kappa shape index (κ1) is 14.6. The number of carboxylic acids is 1. The van der Waals surface area contributed by atoms with Crippen LogP contribution in [-0.2, 0) is 0 Å². The van der Waals surface area contributed by atoms with E-state index in [0.717, 1.165) is 6.07 Å². The summed E-state index contributed by atoms with van der Waals surface area (Å²) in [6.45, 7) is 0. The minimum absolute atomic E-state index is 0.0166. The Labute approximate surface area is 116 Å². The molecule has 2 N–H and O–H groups in total. The van der Waals surface area contributed by atoms with Crippen molar-refractivity contribution in [3.63, 3.8) is 0 Å². The molecule has 0 bridgehead atoms. The van der Waals surface area contributed by atoms with E-state index in [2.05, 4.69) is 5.32 Å². The molecule has 7 heteroatoms. The van der Waals surface area contributed by atoms with Crippen LogP contribution < -0.4 is 5.32 Å². The molecule has 0 aliphatic heterocycles. The average Bonchev–Trinajstić information content (AvgIpc) is 2.43. The second kappa shape index (κ2) is 5.66. The van der Waals surface area contributed by atoms with Crippen LogP contribution in [0.3, 0.4) is 0 Å². The third-order valence-electron chi connectivity index (χ3n) is 2.64. The maximum atomic E-state index is 13.5. The largest absolute Gasteiger partial charge is 0.478 e. The van der Waals surface area contributed by atoms with Gasteiger partial charge >= 0.3 is 5.97 Å². The van der Waals surface area contributed by atoms with Gasteiger partial charge in [-0.1, -0.05) is 6.07 Å². The van der Waals surface area contributed by atoms with E-state index in [0.29, 0.717) is 12.1 Å². The number of carbonyl (C=O) groups is 2. The second-order valence-corrected chi connectivity index (χ2v) is 4.06. The predicted molar refractivity (Wildman–Crippen MR) is 67.7 cm³/mol. The van der Waals surface area contributed by atoms with E-state index >= 15 is 0 Å². The van der Waals surface area contributed by atoms with E-state index in [9.17, 15) is 22.8 Å². The molecule has 0 fully saturated rings. The monoisotopic (exact) mass is 295 g/mol. The van der Waals surface area contributed by atoms with Gasteiger partial charge in [0.1, 0.15) is 11.4 Å². The highest BCUT2D eigenvalue weighted by atomic mass is 19.2. The average molecular weight is 295 g/mol. The molecule has 0 saturated heterocycles. The number of amides is 1. The summed E-state index contributed by atoms with van der Waals surface area (Å²) >= 11 is 0. The zero-order valence-corrected chi connectivity index (χ0v) is 10.4. The number of hydrogen-bond donors (Lipinski definition) is 2. The van der Waals surface area contributed by atoms with Crippen LogP contribution >= 0.6 is 0 Å². The van der Waals surface area contributed by atoms with Crippen LogP contribution in [0.15, 0.2) is 36.4 Å². The number of carboxylic acid groups (broad SMARTS) is 1. The van der Waals surface area contributed by atoms with Gasteiger partial charge in [0.2, 0.25) is 0 Å². The van der Waals surface area contributed by atoms with Crippen molar-refractivity contribution in [1.82, 2.24) is 0 Å². The number of rotatable bonds is 3. The van der Waals surface area contributed by atoms with Crippen LogP contribution in [0.5, 0.6) is 0 Å². The normalized spacial score (nSPS) is 10.2. The van der Waals surface area contributed by atoms with Crippen molar-refractivity contribution in [2.75, 3.05) is 5.32 Å². The smallest absolute Gasteiger partial charge is 0.335 e. The van der Waals surface area contributed by atoms with E-state index in [1.165, 1.54) is 18.2 Å². The van der Waals surface area contributed by atoms with Crippen molar-refractivity contribution in [2.45, 2.75) is 0 Å². The highest BCUT2D eigenvalue weighted by molar-refractivity contribution is 6.05. The van der Waals surface area contributed by atoms with Gasteiger partial charge in [0.05, 0.1) is 5.56 Å². The van der Waals surface area contributed by atoms with Gasteiger partial charge in [-0.3, -0.25) is 4.79 Å². The van der Waals surface area contributed by atoms with Crippen LogP contribution in [0, 0.1) is 17.5 Å². The summed E-state index contributed by atoms with van der Waals surface area (Å²) in [5.74, 6) is -6.63. The molecule has 1 amide bonds. The summed E-state index contributed by atoms with van der Waals surface area (Å²) < 4.78 is 39.9. The number of benzene rings is 2. The fourth-order valence-electron chi connectivity index (χ4n) is 1.66. The molecule has 0 saturated carbocycles. The van der Waals surface area contributed by atoms with Crippen molar-refractivity contribution < 1.29 is 27.9 Å². The first-order chi connectivity index (χ1) is 9.90. The molecule has 2 rings (SSSR count). The summed E-state index contributed by atoms with van der Waals surface area (Å²) in [5.41, 5.74) is -1.17. The van der Waals surface area contributed by atoms with E-state index in [1.807, 2.05) is 0 Å². The molecule has 0 aromatic heterocycles. The van der Waals surface area contributed by atoms with Crippen molar-refractivity contribution in [3.8, 4) is 0 Å². The standard InChI is InChI=1S/C14H8F3NO3/c15-9-4-5-10(16)12(17)11(9)13(19)18-8-3-1-2-7(6-8)14(20)21/h1-6H,(H,18,19)(H,20,21). The van der Waals surface area contributed by atoms with Crippen molar-refractivity contribution in [1.29, 1.82) is 0 Å². The third-order valence-corrected chi connectivity index (χ3v) is 2.64. The van der Waals surface area contributed by atoms with Crippen LogP contribution in [0.25, 0.3) is 0 Å². The summed E-state index contributed by atoms with van der Waals surface area (Å²) in [4.78, 5) is 22.6. The fourth-order valence-corrected chi connectivity index (χ4v) is 1.66. The fraction of sp³-hybridized carbons (Fsp3) is 0. The molecular weight excluding hydrogens is 287 g/mol. The topological polar surface area (TPSA) is 66.4 Å². The molecule has 0 spiro atoms. The molecule has 0 radical (unpaired) electrons. The van der Waals surface area contributed by atoms with Gasteiger partial charge in [-0.25, -0.2) is 18.0 Å². The predicted octanol–water partition coefficient (Wildman–Crippen LogP) is 3.05. The Kier molecular flexibility index (Phi) is 3.93. The van der Waals surface area contributed by atoms with Crippen molar-refractivity contribution in [3.05, 3.63) is 65.0 Å². The molecule has 2 aromatic rings. The minimum atomic E-state index is -1.61. The maximum Gasteiger partial charge on any atom is 0.335 e. The molecule has 0 aliphatic carbocycles. The number of anilines is 1. The van der Waals surface area contributed by atoms with Crippen LogP contribution in [0.1, 0.15) is 20.7 Å². The number of hydrogen-bond acceptors (Lipinski definition) is 2. The molecule has 0 unspecified atom stereocenters. The summed E-state index contributed by atoms with van der Waals surface area (Å²) in [6, 6.07) is 6.25. The molecule has 21 heavy (non-hydrogen) atoms. The van der Waals surface area contributed by atoms with Gasteiger partial charge in [-0.2, -0.15) is 0 Å². The van der Waals surface area contributed by atoms with E-state index in [4.69, 9.17) is 5.11 Å². The number of aromatic carboxylic acids is 1. The summed E-state index contributed by atoms with van der Waals surface area (Å²) in [5, 5.41) is 10.9. The highest BCUT2D eigenvalue weighted by Gasteiger charge is 2.21. The lowest BCUT2D eigenvalue weighted by molar-refractivity contribution is 0.0696. The van der Waals surface area contributed by atoms with E-state index in [1.54, 1.807) is 0 Å². The Morgan fingerprint density at radius 3 is 2.33 bits per heavy atom. The molecular formula is C14H8F3NO3. The first-order valence-corrected chi connectivity index (χ1v) is 5.68. The third kappa shape index (κ3) is 3.02. The van der Waals surface area contributed by atoms with Gasteiger partial charge in [0, 0.05) is 5.69 Å². The van der Waals surface area contributed by atoms with Crippen LogP contribution in [0.4, 0.5) is 18.9 Å². The Balaban J connectivity index is 2.33. The Hall–Kier alpha value is -2.83. The van der Waals surface area contributed by atoms with Gasteiger partial charge < -0.3 is 10.4 Å². The van der Waals surface area contributed by atoms with Gasteiger partial charge in [0.15, 0.2) is 11.6 Å². The van der Waals surface area contributed by atoms with E-state index in [-0.39, 0.29) is 11.3 Å². The Morgan fingerprint density at radius 1 is 1.00 bits per heavy atom. The Bertz CT molecular complexity index is 731. The van der Waals surface area contributed by atoms with Gasteiger partial charge in [-0.15, -0.1) is 0 Å². The lowest BCUT2D eigenvalue weighted by atomic mass is 10.1. The lowest BCUT2D eigenvalue weighted by Gasteiger charge is -2.08. The number of carbonyl (C=O) groups excluding carboxylic acids is 1. The molecule has 4 nitrogen and oxygen atoms in total. The summed E-state index contributed by atoms with van der Waals surface area (Å²) in [6.07, 6.45) is 0. The zero-order valence-electron chi connectivity index (χ0n) is 10.4. The van der Waals surface area contributed by atoms with Crippen molar-refractivity contribution in [2.24, 2.45) is 0 Å². The Morgan fingerprint density at radius 2 is 1.67 bits per heavy atom. The molecule has 0 heterocycles. The minimum Gasteiger partial charge on any atom is -0.478 e. The molecule has 108 valence electrons. The molecule has 2 aromatic carbocycles. The van der Waals surface area contributed by atoms with Crippen LogP contribution in [-0.4, -0.2) is 17.0 Å². The highest BCUT2D eigenvalue weighted by Crippen LogP contribution is 2.18. The van der Waals surface area contributed by atoms with E-state index < -0.39 is 34.9 Å². The zero-order chi connectivity index (χ0) is 15.6. The molecule has 0 aliphatic rings. The second-order valence-electron chi connectivity index (χ2n) is 4.06. The number of nitrogens with one attached hydrogen (secondary N) is 1. The van der Waals surface area contributed by atoms with Crippen LogP contribution in [0.2, 0.25) is 0 Å². The van der Waals surface area contributed by atoms with Gasteiger partial charge in [0.25, 0.3) is 5.91 Å². The van der Waals surface area contributed by atoms with Gasteiger partial charge in [-0.05, 0) is 30.3 Å². The lowest BCUT2D eigenvalue weighted by Crippen LogP contribution is -2.17. The number of halogens is 3. The first-order valence-electron chi connectivity index (χ1n) is 5.68. The SMILES string of the molecule is O=C(O)c1cccc(NC(=O)c2c(F)ccc(F)c2F)c1. The quantitative estimate of drug-likeness (QED) is 0.855. The molecule has 0 atom stereocenters. The van der Waals surface area contributed by atoms with Crippen molar-refractivity contribution >= 4 is 17.6 Å². The maximum absolute atomic E-state index is 13.5. The summed E-state index contributed by atoms with van der Waals surface area (Å²) in [7, 11) is 0.